The summed E-state index contributed by atoms with van der Waals surface area (Å²) in [6.45, 7) is 1.55. The molecule has 2 aromatic heterocycles. The smallest absolute Gasteiger partial charge is 0.231 e. The van der Waals surface area contributed by atoms with E-state index in [2.05, 4.69) is 15.3 Å². The fraction of sp³-hybridized carbons (Fsp3) is 0.286. The van der Waals surface area contributed by atoms with Crippen LogP contribution in [-0.2, 0) is 21.5 Å². The topological polar surface area (TPSA) is 64.1 Å². The molecule has 1 saturated heterocycles. The number of halogens is 1. The van der Waals surface area contributed by atoms with Crippen LogP contribution in [-0.4, -0.2) is 29.1 Å². The van der Waals surface area contributed by atoms with Gasteiger partial charge >= 0.3 is 0 Å². The van der Waals surface area contributed by atoms with Crippen LogP contribution in [0.25, 0.3) is 11.3 Å². The summed E-state index contributed by atoms with van der Waals surface area (Å²) < 4.78 is 5.51. The molecule has 1 aliphatic rings. The Balaban J connectivity index is 1.49. The first kappa shape index (κ1) is 19.1. The number of hydrogen-bond donors (Lipinski definition) is 1. The predicted molar refractivity (Wildman–Crippen MR) is 110 cm³/mol. The van der Waals surface area contributed by atoms with E-state index in [0.717, 1.165) is 21.8 Å². The van der Waals surface area contributed by atoms with Gasteiger partial charge in [0, 0.05) is 41.6 Å². The largest absolute Gasteiger partial charge is 0.381 e. The number of carbonyl (C=O) groups excluding carboxylic acids is 1. The first-order valence-corrected chi connectivity index (χ1v) is 10.4. The Morgan fingerprint density at radius 3 is 2.57 bits per heavy atom. The lowest BCUT2D eigenvalue weighted by Gasteiger charge is -2.36. The lowest BCUT2D eigenvalue weighted by atomic mass is 9.73. The van der Waals surface area contributed by atoms with Gasteiger partial charge in [-0.05, 0) is 42.7 Å². The van der Waals surface area contributed by atoms with Gasteiger partial charge in [-0.3, -0.25) is 9.78 Å². The molecule has 1 aromatic carbocycles. The van der Waals surface area contributed by atoms with E-state index in [-0.39, 0.29) is 5.91 Å². The van der Waals surface area contributed by atoms with Crippen molar-refractivity contribution in [3.8, 4) is 11.3 Å². The summed E-state index contributed by atoms with van der Waals surface area (Å²) in [4.78, 5) is 21.9. The van der Waals surface area contributed by atoms with Gasteiger partial charge in [-0.15, -0.1) is 11.3 Å². The summed E-state index contributed by atoms with van der Waals surface area (Å²) in [6, 6.07) is 11.4. The molecule has 28 heavy (non-hydrogen) atoms. The third-order valence-corrected chi connectivity index (χ3v) is 6.21. The molecule has 0 aliphatic carbocycles. The van der Waals surface area contributed by atoms with Crippen molar-refractivity contribution in [2.75, 3.05) is 13.2 Å². The lowest BCUT2D eigenvalue weighted by molar-refractivity contribution is -0.130. The summed E-state index contributed by atoms with van der Waals surface area (Å²) in [5.41, 5.74) is 2.31. The number of thiazole rings is 1. The normalized spacial score (nSPS) is 15.9. The second-order valence-electron chi connectivity index (χ2n) is 6.75. The highest BCUT2D eigenvalue weighted by Gasteiger charge is 2.41. The van der Waals surface area contributed by atoms with Gasteiger partial charge in [0.2, 0.25) is 5.91 Å². The van der Waals surface area contributed by atoms with Crippen LogP contribution in [0.1, 0.15) is 23.4 Å². The van der Waals surface area contributed by atoms with E-state index >= 15 is 0 Å². The zero-order valence-electron chi connectivity index (χ0n) is 15.2. The van der Waals surface area contributed by atoms with Crippen molar-refractivity contribution in [1.82, 2.24) is 15.3 Å². The second kappa shape index (κ2) is 8.39. The number of carbonyl (C=O) groups is 1. The molecule has 5 nitrogen and oxygen atoms in total. The average Bonchev–Trinajstić information content (AvgIpc) is 3.23. The van der Waals surface area contributed by atoms with Crippen LogP contribution < -0.4 is 5.32 Å². The van der Waals surface area contributed by atoms with Gasteiger partial charge in [0.1, 0.15) is 5.01 Å². The quantitative estimate of drug-likeness (QED) is 0.680. The molecule has 3 heterocycles. The number of benzene rings is 1. The number of pyridine rings is 1. The van der Waals surface area contributed by atoms with Crippen LogP contribution in [0.3, 0.4) is 0 Å². The molecule has 0 spiro atoms. The van der Waals surface area contributed by atoms with Gasteiger partial charge in [0.25, 0.3) is 0 Å². The molecule has 3 aromatic rings. The fourth-order valence-electron chi connectivity index (χ4n) is 3.51. The number of aromatic nitrogens is 2. The van der Waals surface area contributed by atoms with Crippen molar-refractivity contribution in [3.63, 3.8) is 0 Å². The Morgan fingerprint density at radius 1 is 1.14 bits per heavy atom. The Bertz CT molecular complexity index is 938. The molecular weight excluding hydrogens is 394 g/mol. The van der Waals surface area contributed by atoms with E-state index in [1.54, 1.807) is 23.7 Å². The van der Waals surface area contributed by atoms with Crippen LogP contribution in [0.5, 0.6) is 0 Å². The highest BCUT2D eigenvalue weighted by molar-refractivity contribution is 7.09. The van der Waals surface area contributed by atoms with Gasteiger partial charge in [-0.25, -0.2) is 4.98 Å². The van der Waals surface area contributed by atoms with Gasteiger partial charge in [0.05, 0.1) is 17.7 Å². The molecule has 7 heteroatoms. The average molecular weight is 414 g/mol. The summed E-state index contributed by atoms with van der Waals surface area (Å²) in [6.07, 6.45) is 4.80. The molecule has 0 atom stereocenters. The molecular formula is C21H20ClN3O2S. The van der Waals surface area contributed by atoms with Crippen LogP contribution >= 0.6 is 22.9 Å². The molecule has 1 aliphatic heterocycles. The maximum absolute atomic E-state index is 13.2. The number of amides is 1. The third kappa shape index (κ3) is 3.94. The Labute approximate surface area is 172 Å². The predicted octanol–water partition coefficient (Wildman–Crippen LogP) is 4.22. The van der Waals surface area contributed by atoms with E-state index in [4.69, 9.17) is 16.3 Å². The minimum atomic E-state index is -0.589. The first-order valence-electron chi connectivity index (χ1n) is 9.14. The van der Waals surface area contributed by atoms with Crippen molar-refractivity contribution in [2.45, 2.75) is 24.8 Å². The fourth-order valence-corrected chi connectivity index (χ4v) is 4.38. The van der Waals surface area contributed by atoms with E-state index in [0.29, 0.717) is 37.6 Å². The lowest BCUT2D eigenvalue weighted by Crippen LogP contribution is -2.47. The number of ether oxygens (including phenoxy) is 1. The van der Waals surface area contributed by atoms with Crippen LogP contribution in [0, 0.1) is 0 Å². The van der Waals surface area contributed by atoms with E-state index in [9.17, 15) is 4.79 Å². The molecule has 0 radical (unpaired) electrons. The van der Waals surface area contributed by atoms with Crippen molar-refractivity contribution in [2.24, 2.45) is 0 Å². The summed E-state index contributed by atoms with van der Waals surface area (Å²) >= 11 is 7.57. The Kier molecular flexibility index (Phi) is 5.71. The molecule has 1 amide bonds. The molecule has 0 bridgehead atoms. The monoisotopic (exact) mass is 413 g/mol. The molecule has 4 rings (SSSR count). The maximum Gasteiger partial charge on any atom is 0.231 e. The number of nitrogens with zero attached hydrogens (tertiary/aromatic N) is 2. The molecule has 0 saturated carbocycles. The zero-order chi connectivity index (χ0) is 19.4. The highest BCUT2D eigenvalue weighted by atomic mass is 35.5. The Morgan fingerprint density at radius 2 is 1.86 bits per heavy atom. The van der Waals surface area contributed by atoms with Gasteiger partial charge in [-0.2, -0.15) is 0 Å². The minimum Gasteiger partial charge on any atom is -0.381 e. The SMILES string of the molecule is O=C(NCc1nc(-c2ccncc2)cs1)C1(c2ccc(Cl)cc2)CCOCC1. The summed E-state index contributed by atoms with van der Waals surface area (Å²) in [5, 5.41) is 6.63. The first-order chi connectivity index (χ1) is 13.7. The van der Waals surface area contributed by atoms with Crippen molar-refractivity contribution in [3.05, 3.63) is 69.8 Å². The van der Waals surface area contributed by atoms with Crippen molar-refractivity contribution in [1.29, 1.82) is 0 Å². The summed E-state index contributed by atoms with van der Waals surface area (Å²) in [5.74, 6) is 0.0128. The number of nitrogens with one attached hydrogen (secondary N) is 1. The van der Waals surface area contributed by atoms with E-state index in [1.807, 2.05) is 41.8 Å². The Hall–Kier alpha value is -2.28. The van der Waals surface area contributed by atoms with Gasteiger partial charge < -0.3 is 10.1 Å². The zero-order valence-corrected chi connectivity index (χ0v) is 16.8. The van der Waals surface area contributed by atoms with E-state index in [1.165, 1.54) is 0 Å². The standard InChI is InChI=1S/C21H20ClN3O2S/c22-17-3-1-16(2-4-17)21(7-11-27-12-8-21)20(26)24-13-19-25-18(14-28-19)15-5-9-23-10-6-15/h1-6,9-10,14H,7-8,11-13H2,(H,24,26). The number of rotatable bonds is 5. The number of hydrogen-bond acceptors (Lipinski definition) is 5. The second-order valence-corrected chi connectivity index (χ2v) is 8.13. The maximum atomic E-state index is 13.2. The van der Waals surface area contributed by atoms with Crippen molar-refractivity contribution < 1.29 is 9.53 Å². The van der Waals surface area contributed by atoms with Crippen LogP contribution in [0.15, 0.2) is 54.2 Å². The summed E-state index contributed by atoms with van der Waals surface area (Å²) in [7, 11) is 0. The molecule has 0 unspecified atom stereocenters. The van der Waals surface area contributed by atoms with Crippen LogP contribution in [0.4, 0.5) is 0 Å². The van der Waals surface area contributed by atoms with Crippen molar-refractivity contribution >= 4 is 28.8 Å². The van der Waals surface area contributed by atoms with Gasteiger partial charge in [-0.1, -0.05) is 23.7 Å². The minimum absolute atomic E-state index is 0.0128. The molecule has 1 fully saturated rings. The van der Waals surface area contributed by atoms with E-state index < -0.39 is 5.41 Å². The third-order valence-electron chi connectivity index (χ3n) is 5.11. The van der Waals surface area contributed by atoms with Gasteiger partial charge in [0.15, 0.2) is 0 Å². The highest BCUT2D eigenvalue weighted by Crippen LogP contribution is 2.36. The van der Waals surface area contributed by atoms with Crippen LogP contribution in [0.2, 0.25) is 5.02 Å². The molecule has 144 valence electrons. The molecule has 1 N–H and O–H groups in total.